The van der Waals surface area contributed by atoms with E-state index in [-0.39, 0.29) is 28.0 Å². The molecule has 3 nitrogen and oxygen atoms in total. The Kier molecular flexibility index (Phi) is 6.94. The molecule has 0 aliphatic carbocycles. The minimum Gasteiger partial charge on any atom is -0.437 e. The number of hydrogen-bond donors (Lipinski definition) is 0. The van der Waals surface area contributed by atoms with Crippen LogP contribution in [0.25, 0.3) is 0 Å². The van der Waals surface area contributed by atoms with Crippen LogP contribution in [0.2, 0.25) is 15.1 Å². The molecule has 1 heterocycles. The second-order valence-corrected chi connectivity index (χ2v) is 8.25. The van der Waals surface area contributed by atoms with Crippen LogP contribution in [0.5, 0.6) is 11.6 Å². The Bertz CT molecular complexity index is 1020. The lowest BCUT2D eigenvalue weighted by Crippen LogP contribution is -2.09. The van der Waals surface area contributed by atoms with Gasteiger partial charge in [0.2, 0.25) is 5.88 Å². The predicted octanol–water partition coefficient (Wildman–Crippen LogP) is 7.62. The third-order valence-electron chi connectivity index (χ3n) is 3.92. The van der Waals surface area contributed by atoms with Crippen molar-refractivity contribution < 1.29 is 17.9 Å². The molecule has 0 amide bonds. The molecule has 0 fully saturated rings. The van der Waals surface area contributed by atoms with Crippen molar-refractivity contribution >= 4 is 46.6 Å². The smallest absolute Gasteiger partial charge is 0.435 e. The summed E-state index contributed by atoms with van der Waals surface area (Å²) >= 11 is 19.4. The topological polar surface area (TPSA) is 27.1 Å². The average Bonchev–Trinajstić information content (AvgIpc) is 2.95. The molecule has 3 aromatic rings. The Balaban J connectivity index is 1.89. The Morgan fingerprint density at radius 2 is 1.76 bits per heavy atom. The van der Waals surface area contributed by atoms with Crippen LogP contribution in [-0.4, -0.2) is 9.78 Å². The first-order valence-corrected chi connectivity index (χ1v) is 10.5. The van der Waals surface area contributed by atoms with E-state index in [9.17, 15) is 13.2 Å². The summed E-state index contributed by atoms with van der Waals surface area (Å²) in [4.78, 5) is 0. The molecule has 0 N–H and O–H groups in total. The highest BCUT2D eigenvalue weighted by Crippen LogP contribution is 2.41. The SMILES string of the molecule is Cn1nc(C(F)(F)F)c(CSCc2ccccc2Cl)c1Oc1ccc(Cl)cc1Cl. The summed E-state index contributed by atoms with van der Waals surface area (Å²) < 4.78 is 47.3. The van der Waals surface area contributed by atoms with Crippen molar-refractivity contribution in [3.05, 3.63) is 74.4 Å². The maximum absolute atomic E-state index is 13.5. The summed E-state index contributed by atoms with van der Waals surface area (Å²) in [5.74, 6) is 0.611. The zero-order valence-corrected chi connectivity index (χ0v) is 18.0. The molecular weight excluding hydrogens is 468 g/mol. The first kappa shape index (κ1) is 22.2. The second-order valence-electron chi connectivity index (χ2n) is 6.01. The van der Waals surface area contributed by atoms with Crippen LogP contribution in [-0.2, 0) is 24.7 Å². The van der Waals surface area contributed by atoms with E-state index in [2.05, 4.69) is 5.10 Å². The molecule has 0 radical (unpaired) electrons. The number of hydrogen-bond acceptors (Lipinski definition) is 3. The van der Waals surface area contributed by atoms with Gasteiger partial charge in [-0.05, 0) is 29.8 Å². The molecule has 29 heavy (non-hydrogen) atoms. The minimum atomic E-state index is -4.62. The number of thioether (sulfide) groups is 1. The quantitative estimate of drug-likeness (QED) is 0.362. The number of halogens is 6. The molecular formula is C19H14Cl3F3N2OS. The first-order chi connectivity index (χ1) is 13.7. The largest absolute Gasteiger partial charge is 0.437 e. The van der Waals surface area contributed by atoms with Gasteiger partial charge < -0.3 is 4.74 Å². The fourth-order valence-electron chi connectivity index (χ4n) is 2.58. The molecule has 2 aromatic carbocycles. The molecule has 0 atom stereocenters. The highest BCUT2D eigenvalue weighted by Gasteiger charge is 2.39. The molecule has 0 unspecified atom stereocenters. The van der Waals surface area contributed by atoms with Gasteiger partial charge in [-0.15, -0.1) is 0 Å². The highest BCUT2D eigenvalue weighted by molar-refractivity contribution is 7.97. The number of aryl methyl sites for hydroxylation is 1. The van der Waals surface area contributed by atoms with E-state index in [0.717, 1.165) is 10.2 Å². The van der Waals surface area contributed by atoms with Gasteiger partial charge in [-0.25, -0.2) is 4.68 Å². The van der Waals surface area contributed by atoms with Gasteiger partial charge in [-0.1, -0.05) is 53.0 Å². The van der Waals surface area contributed by atoms with Crippen LogP contribution in [0, 0.1) is 0 Å². The average molecular weight is 482 g/mol. The van der Waals surface area contributed by atoms with E-state index in [1.807, 2.05) is 12.1 Å². The summed E-state index contributed by atoms with van der Waals surface area (Å²) in [7, 11) is 1.39. The number of nitrogens with zero attached hydrogens (tertiary/aromatic N) is 2. The molecule has 0 spiro atoms. The molecule has 0 saturated heterocycles. The third-order valence-corrected chi connectivity index (χ3v) is 5.83. The molecule has 1 aromatic heterocycles. The molecule has 0 aliphatic rings. The zero-order valence-electron chi connectivity index (χ0n) is 14.9. The maximum atomic E-state index is 13.5. The highest BCUT2D eigenvalue weighted by atomic mass is 35.5. The third kappa shape index (κ3) is 5.34. The van der Waals surface area contributed by atoms with Gasteiger partial charge in [0.15, 0.2) is 5.69 Å². The molecule has 3 rings (SSSR count). The lowest BCUT2D eigenvalue weighted by molar-refractivity contribution is -0.141. The van der Waals surface area contributed by atoms with Gasteiger partial charge in [0.1, 0.15) is 5.75 Å². The van der Waals surface area contributed by atoms with E-state index >= 15 is 0 Å². The zero-order chi connectivity index (χ0) is 21.2. The number of aromatic nitrogens is 2. The Morgan fingerprint density at radius 3 is 2.41 bits per heavy atom. The van der Waals surface area contributed by atoms with Crippen LogP contribution in [0.4, 0.5) is 13.2 Å². The summed E-state index contributed by atoms with van der Waals surface area (Å²) in [6.07, 6.45) is -4.62. The lowest BCUT2D eigenvalue weighted by Gasteiger charge is -2.11. The maximum Gasteiger partial charge on any atom is 0.435 e. The molecule has 0 bridgehead atoms. The van der Waals surface area contributed by atoms with Crippen LogP contribution in [0.1, 0.15) is 16.8 Å². The number of rotatable bonds is 6. The summed E-state index contributed by atoms with van der Waals surface area (Å²) in [6, 6.07) is 11.7. The molecule has 0 aliphatic heterocycles. The standard InChI is InChI=1S/C19H14Cl3F3N2OS/c1-27-18(28-16-7-6-12(20)8-15(16)22)13(17(26-27)19(23,24)25)10-29-9-11-4-2-3-5-14(11)21/h2-8H,9-10H2,1H3. The summed E-state index contributed by atoms with van der Waals surface area (Å²) in [6.45, 7) is 0. The van der Waals surface area contributed by atoms with Gasteiger partial charge in [0.05, 0.1) is 10.6 Å². The van der Waals surface area contributed by atoms with Crippen LogP contribution < -0.4 is 4.74 Å². The number of alkyl halides is 3. The molecule has 154 valence electrons. The van der Waals surface area contributed by atoms with E-state index in [4.69, 9.17) is 39.5 Å². The van der Waals surface area contributed by atoms with Crippen LogP contribution in [0.3, 0.4) is 0 Å². The van der Waals surface area contributed by atoms with Crippen LogP contribution in [0.15, 0.2) is 42.5 Å². The Hall–Kier alpha value is -1.54. The number of benzene rings is 2. The van der Waals surface area contributed by atoms with Crippen molar-refractivity contribution in [2.24, 2.45) is 7.05 Å². The van der Waals surface area contributed by atoms with E-state index in [1.165, 1.54) is 37.0 Å². The summed E-state index contributed by atoms with van der Waals surface area (Å²) in [5.41, 5.74) is -0.227. The Labute approximate surface area is 184 Å². The van der Waals surface area contributed by atoms with Gasteiger partial charge in [-0.2, -0.15) is 30.0 Å². The fraction of sp³-hybridized carbons (Fsp3) is 0.211. The van der Waals surface area contributed by atoms with Crippen molar-refractivity contribution in [3.63, 3.8) is 0 Å². The van der Waals surface area contributed by atoms with Crippen molar-refractivity contribution in [1.29, 1.82) is 0 Å². The van der Waals surface area contributed by atoms with Gasteiger partial charge in [0, 0.05) is 28.6 Å². The minimum absolute atomic E-state index is 0.0223. The van der Waals surface area contributed by atoms with Crippen molar-refractivity contribution in [2.75, 3.05) is 0 Å². The monoisotopic (exact) mass is 480 g/mol. The first-order valence-electron chi connectivity index (χ1n) is 8.24. The van der Waals surface area contributed by atoms with Crippen molar-refractivity contribution in [1.82, 2.24) is 9.78 Å². The van der Waals surface area contributed by atoms with Gasteiger partial charge in [0.25, 0.3) is 0 Å². The molecule has 10 heteroatoms. The van der Waals surface area contributed by atoms with Crippen LogP contribution >= 0.6 is 46.6 Å². The van der Waals surface area contributed by atoms with Gasteiger partial charge in [-0.3, -0.25) is 0 Å². The van der Waals surface area contributed by atoms with E-state index < -0.39 is 11.9 Å². The lowest BCUT2D eigenvalue weighted by atomic mass is 10.2. The number of ether oxygens (including phenoxy) is 1. The van der Waals surface area contributed by atoms with Gasteiger partial charge >= 0.3 is 6.18 Å². The predicted molar refractivity (Wildman–Crippen MR) is 111 cm³/mol. The van der Waals surface area contributed by atoms with Crippen molar-refractivity contribution in [3.8, 4) is 11.6 Å². The normalized spacial score (nSPS) is 11.7. The summed E-state index contributed by atoms with van der Waals surface area (Å²) in [5, 5.41) is 4.76. The Morgan fingerprint density at radius 1 is 1.03 bits per heavy atom. The van der Waals surface area contributed by atoms with E-state index in [1.54, 1.807) is 12.1 Å². The van der Waals surface area contributed by atoms with Crippen molar-refractivity contribution in [2.45, 2.75) is 17.7 Å². The second kappa shape index (κ2) is 9.08. The molecule has 0 saturated carbocycles. The fourth-order valence-corrected chi connectivity index (χ4v) is 4.35. The van der Waals surface area contributed by atoms with E-state index in [0.29, 0.717) is 15.8 Å².